The van der Waals surface area contributed by atoms with Crippen molar-refractivity contribution in [1.29, 1.82) is 0 Å². The van der Waals surface area contributed by atoms with Crippen molar-refractivity contribution in [2.75, 3.05) is 32.7 Å². The number of piperazine rings is 1. The fraction of sp³-hybridized carbons (Fsp3) is 0.464. The normalized spacial score (nSPS) is 18.6. The molecule has 2 aromatic carbocycles. The highest BCUT2D eigenvalue weighted by Crippen LogP contribution is 2.36. The van der Waals surface area contributed by atoms with Crippen LogP contribution in [0, 0.1) is 0 Å². The van der Waals surface area contributed by atoms with Crippen LogP contribution in [0.2, 0.25) is 0 Å². The highest BCUT2D eigenvalue weighted by atomic mass is 16.5. The van der Waals surface area contributed by atoms with Crippen LogP contribution in [0.25, 0.3) is 16.6 Å². The summed E-state index contributed by atoms with van der Waals surface area (Å²) in [6, 6.07) is 11.7. The standard InChI is InChI=1S/C28H33N5O3/c1-18(2)36-25-15-19-9-12-32(20-7-8-20)27(34)22(19)16-24(25)33-26(17-31-13-10-29-11-14-31)30-23-6-4-3-5-21(23)28(33)35/h3-6,15-16,18,20,29H,7-14,17H2,1-2H3. The molecular weight excluding hydrogens is 454 g/mol. The number of para-hydroxylation sites is 1. The molecule has 1 amide bonds. The number of carbonyl (C=O) groups is 1. The zero-order valence-electron chi connectivity index (χ0n) is 21.0. The van der Waals surface area contributed by atoms with Gasteiger partial charge < -0.3 is 15.0 Å². The molecule has 3 aromatic rings. The van der Waals surface area contributed by atoms with Crippen LogP contribution in [-0.2, 0) is 13.0 Å². The van der Waals surface area contributed by atoms with Crippen molar-refractivity contribution in [3.05, 3.63) is 63.7 Å². The highest BCUT2D eigenvalue weighted by Gasteiger charge is 2.37. The Kier molecular flexibility index (Phi) is 6.01. The van der Waals surface area contributed by atoms with E-state index >= 15 is 0 Å². The number of nitrogens with one attached hydrogen (secondary N) is 1. The molecule has 0 atom stereocenters. The van der Waals surface area contributed by atoms with Gasteiger partial charge in [0.15, 0.2) is 0 Å². The number of nitrogens with zero attached hydrogens (tertiary/aromatic N) is 4. The summed E-state index contributed by atoms with van der Waals surface area (Å²) in [7, 11) is 0. The summed E-state index contributed by atoms with van der Waals surface area (Å²) in [5.74, 6) is 1.34. The first-order valence-electron chi connectivity index (χ1n) is 13.1. The Morgan fingerprint density at radius 2 is 1.86 bits per heavy atom. The van der Waals surface area contributed by atoms with Crippen LogP contribution >= 0.6 is 0 Å². The van der Waals surface area contributed by atoms with E-state index in [9.17, 15) is 9.59 Å². The minimum absolute atomic E-state index is 0.0570. The zero-order valence-corrected chi connectivity index (χ0v) is 21.0. The molecule has 0 radical (unpaired) electrons. The Hall–Kier alpha value is -3.23. The monoisotopic (exact) mass is 487 g/mol. The number of benzene rings is 2. The molecule has 6 rings (SSSR count). The largest absolute Gasteiger partial charge is 0.489 e. The summed E-state index contributed by atoms with van der Waals surface area (Å²) in [6.07, 6.45) is 2.87. The summed E-state index contributed by atoms with van der Waals surface area (Å²) in [6.45, 7) is 8.82. The molecule has 8 nitrogen and oxygen atoms in total. The lowest BCUT2D eigenvalue weighted by Gasteiger charge is -2.31. The van der Waals surface area contributed by atoms with Crippen molar-refractivity contribution in [3.63, 3.8) is 0 Å². The van der Waals surface area contributed by atoms with Crippen LogP contribution < -0.4 is 15.6 Å². The van der Waals surface area contributed by atoms with Gasteiger partial charge in [0.25, 0.3) is 11.5 Å². The Bertz CT molecular complexity index is 1370. The number of aromatic nitrogens is 2. The lowest BCUT2D eigenvalue weighted by Crippen LogP contribution is -2.44. The SMILES string of the molecule is CC(C)Oc1cc2c(cc1-n1c(CN3CCNCC3)nc3ccccc3c1=O)C(=O)N(C1CC1)CC2. The molecule has 188 valence electrons. The minimum atomic E-state index is -0.137. The van der Waals surface area contributed by atoms with Crippen molar-refractivity contribution < 1.29 is 9.53 Å². The maximum Gasteiger partial charge on any atom is 0.266 e. The van der Waals surface area contributed by atoms with Gasteiger partial charge in [-0.1, -0.05) is 12.1 Å². The Morgan fingerprint density at radius 3 is 2.61 bits per heavy atom. The fourth-order valence-corrected chi connectivity index (χ4v) is 5.37. The van der Waals surface area contributed by atoms with Gasteiger partial charge in [0, 0.05) is 44.3 Å². The topological polar surface area (TPSA) is 79.7 Å². The predicted octanol–water partition coefficient (Wildman–Crippen LogP) is 2.74. The van der Waals surface area contributed by atoms with E-state index in [2.05, 4.69) is 10.2 Å². The van der Waals surface area contributed by atoms with Gasteiger partial charge in [-0.25, -0.2) is 4.98 Å². The van der Waals surface area contributed by atoms with E-state index in [0.717, 1.165) is 57.5 Å². The van der Waals surface area contributed by atoms with E-state index in [1.807, 2.05) is 55.1 Å². The average molecular weight is 488 g/mol. The second kappa shape index (κ2) is 9.33. The fourth-order valence-electron chi connectivity index (χ4n) is 5.37. The molecular formula is C28H33N5O3. The van der Waals surface area contributed by atoms with Crippen molar-refractivity contribution in [2.45, 2.75) is 51.8 Å². The van der Waals surface area contributed by atoms with Crippen LogP contribution in [0.15, 0.2) is 41.2 Å². The lowest BCUT2D eigenvalue weighted by atomic mass is 9.97. The summed E-state index contributed by atoms with van der Waals surface area (Å²) in [5.41, 5.74) is 2.81. The number of rotatable bonds is 6. The molecule has 0 bridgehead atoms. The third-order valence-corrected chi connectivity index (χ3v) is 7.31. The first kappa shape index (κ1) is 23.2. The number of hydrogen-bond donors (Lipinski definition) is 1. The van der Waals surface area contributed by atoms with Crippen molar-refractivity contribution in [1.82, 2.24) is 24.7 Å². The summed E-state index contributed by atoms with van der Waals surface area (Å²) in [4.78, 5) is 36.8. The maximum absolute atomic E-state index is 14.0. The van der Waals surface area contributed by atoms with E-state index in [4.69, 9.17) is 9.72 Å². The van der Waals surface area contributed by atoms with Crippen LogP contribution in [-0.4, -0.2) is 70.1 Å². The first-order chi connectivity index (χ1) is 17.5. The minimum Gasteiger partial charge on any atom is -0.489 e. The van der Waals surface area contributed by atoms with E-state index in [1.54, 1.807) is 4.57 Å². The van der Waals surface area contributed by atoms with Gasteiger partial charge in [0.1, 0.15) is 11.6 Å². The zero-order chi connectivity index (χ0) is 24.8. The molecule has 1 saturated heterocycles. The van der Waals surface area contributed by atoms with Gasteiger partial charge in [-0.3, -0.25) is 19.1 Å². The van der Waals surface area contributed by atoms with Crippen LogP contribution in [0.3, 0.4) is 0 Å². The van der Waals surface area contributed by atoms with Crippen molar-refractivity contribution in [2.24, 2.45) is 0 Å². The molecule has 1 N–H and O–H groups in total. The second-order valence-electron chi connectivity index (χ2n) is 10.3. The number of fused-ring (bicyclic) bond motifs is 2. The van der Waals surface area contributed by atoms with Crippen LogP contribution in [0.4, 0.5) is 0 Å². The molecule has 1 aromatic heterocycles. The summed E-state index contributed by atoms with van der Waals surface area (Å²) >= 11 is 0. The number of carbonyl (C=O) groups excluding carboxylic acids is 1. The molecule has 8 heteroatoms. The van der Waals surface area contributed by atoms with Gasteiger partial charge in [0.05, 0.1) is 29.2 Å². The molecule has 2 aliphatic heterocycles. The van der Waals surface area contributed by atoms with E-state index in [-0.39, 0.29) is 17.6 Å². The molecule has 0 unspecified atom stereocenters. The predicted molar refractivity (Wildman–Crippen MR) is 139 cm³/mol. The average Bonchev–Trinajstić information content (AvgIpc) is 3.70. The molecule has 2 fully saturated rings. The summed E-state index contributed by atoms with van der Waals surface area (Å²) < 4.78 is 7.95. The van der Waals surface area contributed by atoms with Gasteiger partial charge in [-0.15, -0.1) is 0 Å². The van der Waals surface area contributed by atoms with Crippen LogP contribution in [0.5, 0.6) is 5.75 Å². The summed E-state index contributed by atoms with van der Waals surface area (Å²) in [5, 5.41) is 3.94. The van der Waals surface area contributed by atoms with Crippen molar-refractivity contribution >= 4 is 16.8 Å². The number of hydrogen-bond acceptors (Lipinski definition) is 6. The Balaban J connectivity index is 1.55. The molecule has 1 aliphatic carbocycles. The molecule has 3 heterocycles. The first-order valence-corrected chi connectivity index (χ1v) is 13.1. The number of amides is 1. The quantitative estimate of drug-likeness (QED) is 0.576. The van der Waals surface area contributed by atoms with E-state index in [0.29, 0.717) is 46.3 Å². The molecule has 36 heavy (non-hydrogen) atoms. The van der Waals surface area contributed by atoms with E-state index < -0.39 is 0 Å². The lowest BCUT2D eigenvalue weighted by molar-refractivity contribution is 0.0726. The van der Waals surface area contributed by atoms with Crippen LogP contribution in [0.1, 0.15) is 48.4 Å². The van der Waals surface area contributed by atoms with Gasteiger partial charge in [-0.05, 0) is 62.9 Å². The molecule has 0 spiro atoms. The molecule has 1 saturated carbocycles. The Labute approximate surface area is 210 Å². The smallest absolute Gasteiger partial charge is 0.266 e. The second-order valence-corrected chi connectivity index (χ2v) is 10.3. The van der Waals surface area contributed by atoms with Gasteiger partial charge in [-0.2, -0.15) is 0 Å². The number of ether oxygens (including phenoxy) is 1. The molecule has 3 aliphatic rings. The Morgan fingerprint density at radius 1 is 1.08 bits per heavy atom. The van der Waals surface area contributed by atoms with Gasteiger partial charge >= 0.3 is 0 Å². The maximum atomic E-state index is 14.0. The highest BCUT2D eigenvalue weighted by molar-refractivity contribution is 5.98. The van der Waals surface area contributed by atoms with Gasteiger partial charge in [0.2, 0.25) is 0 Å². The third-order valence-electron chi connectivity index (χ3n) is 7.31. The van der Waals surface area contributed by atoms with Crippen molar-refractivity contribution in [3.8, 4) is 11.4 Å². The third kappa shape index (κ3) is 4.29. The van der Waals surface area contributed by atoms with E-state index in [1.165, 1.54) is 0 Å².